The van der Waals surface area contributed by atoms with Gasteiger partial charge in [0.1, 0.15) is 0 Å². The lowest BCUT2D eigenvalue weighted by Gasteiger charge is -2.30. The molecule has 1 atom stereocenters. The Hall–Kier alpha value is -1.07. The number of carbonyl (C=O) groups is 1. The summed E-state index contributed by atoms with van der Waals surface area (Å²) in [6.45, 7) is 6.21. The van der Waals surface area contributed by atoms with Gasteiger partial charge in [-0.15, -0.1) is 0 Å². The van der Waals surface area contributed by atoms with E-state index in [4.69, 9.17) is 20.9 Å². The Labute approximate surface area is 136 Å². The minimum atomic E-state index is 0.146. The van der Waals surface area contributed by atoms with Crippen molar-refractivity contribution in [3.63, 3.8) is 0 Å². The van der Waals surface area contributed by atoms with Crippen molar-refractivity contribution in [1.82, 2.24) is 10.1 Å². The van der Waals surface area contributed by atoms with Gasteiger partial charge in [-0.25, -0.2) is 0 Å². The van der Waals surface area contributed by atoms with Gasteiger partial charge < -0.3 is 14.2 Å². The molecular formula is C16H25ClN2O3. The van der Waals surface area contributed by atoms with Crippen molar-refractivity contribution in [1.29, 1.82) is 0 Å². The van der Waals surface area contributed by atoms with Crippen LogP contribution in [0.5, 0.6) is 0 Å². The third-order valence-electron chi connectivity index (χ3n) is 4.07. The van der Waals surface area contributed by atoms with Gasteiger partial charge in [0.15, 0.2) is 0 Å². The molecule has 0 spiro atoms. The molecule has 2 rings (SSSR count). The number of ether oxygens (including phenoxy) is 1. The average Bonchev–Trinajstić information content (AvgIpc) is 2.84. The van der Waals surface area contributed by atoms with Crippen LogP contribution in [0, 0.1) is 6.92 Å². The molecular weight excluding hydrogens is 304 g/mol. The van der Waals surface area contributed by atoms with Gasteiger partial charge in [-0.2, -0.15) is 0 Å². The van der Waals surface area contributed by atoms with E-state index in [1.54, 1.807) is 0 Å². The van der Waals surface area contributed by atoms with Crippen LogP contribution in [0.4, 0.5) is 0 Å². The fourth-order valence-corrected chi connectivity index (χ4v) is 3.08. The van der Waals surface area contributed by atoms with Crippen LogP contribution in [0.15, 0.2) is 4.52 Å². The smallest absolute Gasteiger partial charge is 0.229 e. The molecule has 2 heterocycles. The maximum atomic E-state index is 12.5. The van der Waals surface area contributed by atoms with Gasteiger partial charge in [0.2, 0.25) is 11.1 Å². The lowest BCUT2D eigenvalue weighted by atomic mass is 10.1. The number of carbonyl (C=O) groups excluding carboxylic acids is 1. The van der Waals surface area contributed by atoms with Crippen LogP contribution in [-0.2, 0) is 16.0 Å². The number of amides is 1. The first-order valence-electron chi connectivity index (χ1n) is 8.11. The zero-order valence-corrected chi connectivity index (χ0v) is 14.2. The van der Waals surface area contributed by atoms with E-state index in [0.29, 0.717) is 24.6 Å². The van der Waals surface area contributed by atoms with Crippen molar-refractivity contribution < 1.29 is 14.1 Å². The van der Waals surface area contributed by atoms with Crippen molar-refractivity contribution in [3.05, 3.63) is 16.5 Å². The van der Waals surface area contributed by atoms with Gasteiger partial charge in [0, 0.05) is 31.7 Å². The predicted octanol–water partition coefficient (Wildman–Crippen LogP) is 3.38. The van der Waals surface area contributed by atoms with Crippen molar-refractivity contribution >= 4 is 17.5 Å². The van der Waals surface area contributed by atoms with Gasteiger partial charge in [-0.3, -0.25) is 4.79 Å². The first-order valence-corrected chi connectivity index (χ1v) is 8.49. The molecule has 0 aliphatic carbocycles. The molecule has 22 heavy (non-hydrogen) atoms. The van der Waals surface area contributed by atoms with Crippen LogP contribution < -0.4 is 0 Å². The SMILES string of the molecule is CCCN(C[C@H]1CCCCO1)C(=O)CCc1c(C)noc1Cl. The van der Waals surface area contributed by atoms with E-state index in [2.05, 4.69) is 12.1 Å². The van der Waals surface area contributed by atoms with Gasteiger partial charge in [-0.05, 0) is 50.6 Å². The molecule has 1 saturated heterocycles. The summed E-state index contributed by atoms with van der Waals surface area (Å²) in [5.74, 6) is 0.146. The number of rotatable bonds is 7. The molecule has 6 heteroatoms. The fraction of sp³-hybridized carbons (Fsp3) is 0.750. The molecule has 1 fully saturated rings. The normalized spacial score (nSPS) is 18.4. The lowest BCUT2D eigenvalue weighted by molar-refractivity contribution is -0.133. The molecule has 1 aliphatic heterocycles. The van der Waals surface area contributed by atoms with E-state index >= 15 is 0 Å². The summed E-state index contributed by atoms with van der Waals surface area (Å²) in [4.78, 5) is 14.4. The molecule has 0 saturated carbocycles. The second-order valence-electron chi connectivity index (χ2n) is 5.85. The number of hydrogen-bond acceptors (Lipinski definition) is 4. The Morgan fingerprint density at radius 2 is 2.27 bits per heavy atom. The van der Waals surface area contributed by atoms with Gasteiger partial charge in [0.05, 0.1) is 11.8 Å². The van der Waals surface area contributed by atoms with Crippen LogP contribution in [0.2, 0.25) is 5.22 Å². The fourth-order valence-electron chi connectivity index (χ4n) is 2.82. The molecule has 1 aliphatic rings. The molecule has 124 valence electrons. The summed E-state index contributed by atoms with van der Waals surface area (Å²) in [5.41, 5.74) is 1.59. The predicted molar refractivity (Wildman–Crippen MR) is 85.0 cm³/mol. The summed E-state index contributed by atoms with van der Waals surface area (Å²) in [7, 11) is 0. The summed E-state index contributed by atoms with van der Waals surface area (Å²) < 4.78 is 10.7. The number of halogens is 1. The molecule has 0 unspecified atom stereocenters. The highest BCUT2D eigenvalue weighted by molar-refractivity contribution is 6.29. The van der Waals surface area contributed by atoms with E-state index in [0.717, 1.165) is 43.7 Å². The molecule has 1 aromatic rings. The quantitative estimate of drug-likeness (QED) is 0.770. The third kappa shape index (κ3) is 4.71. The van der Waals surface area contributed by atoms with Gasteiger partial charge in [-0.1, -0.05) is 12.1 Å². The van der Waals surface area contributed by atoms with Gasteiger partial charge in [0.25, 0.3) is 0 Å². The summed E-state index contributed by atoms with van der Waals surface area (Å²) in [5, 5.41) is 4.11. The van der Waals surface area contributed by atoms with Crippen LogP contribution in [0.1, 0.15) is 50.3 Å². The molecule has 0 bridgehead atoms. The molecule has 0 radical (unpaired) electrons. The minimum absolute atomic E-state index is 0.146. The van der Waals surface area contributed by atoms with Crippen LogP contribution >= 0.6 is 11.6 Å². The Bertz CT molecular complexity index is 464. The Morgan fingerprint density at radius 1 is 1.45 bits per heavy atom. The standard InChI is InChI=1S/C16H25ClN2O3/c1-3-9-19(11-13-6-4-5-10-21-13)15(20)8-7-14-12(2)18-22-16(14)17/h13H,3-11H2,1-2H3/t13-/m1/s1. The maximum absolute atomic E-state index is 12.5. The number of aryl methyl sites for hydroxylation is 1. The third-order valence-corrected chi connectivity index (χ3v) is 4.37. The maximum Gasteiger partial charge on any atom is 0.229 e. The van der Waals surface area contributed by atoms with Crippen LogP contribution in [0.25, 0.3) is 0 Å². The van der Waals surface area contributed by atoms with E-state index in [1.807, 2.05) is 11.8 Å². The lowest BCUT2D eigenvalue weighted by Crippen LogP contribution is -2.40. The Morgan fingerprint density at radius 3 is 2.86 bits per heavy atom. The average molecular weight is 329 g/mol. The number of aromatic nitrogens is 1. The van der Waals surface area contributed by atoms with Crippen molar-refractivity contribution in [2.24, 2.45) is 0 Å². The second kappa shape index (κ2) is 8.53. The summed E-state index contributed by atoms with van der Waals surface area (Å²) in [6, 6.07) is 0. The highest BCUT2D eigenvalue weighted by Gasteiger charge is 2.21. The highest BCUT2D eigenvalue weighted by Crippen LogP contribution is 2.21. The monoisotopic (exact) mass is 328 g/mol. The molecule has 0 aromatic carbocycles. The zero-order valence-electron chi connectivity index (χ0n) is 13.4. The largest absolute Gasteiger partial charge is 0.376 e. The molecule has 0 N–H and O–H groups in total. The van der Waals surface area contributed by atoms with Crippen molar-refractivity contribution in [2.45, 2.75) is 58.5 Å². The first kappa shape index (κ1) is 17.3. The van der Waals surface area contributed by atoms with E-state index in [1.165, 1.54) is 6.42 Å². The van der Waals surface area contributed by atoms with Gasteiger partial charge >= 0.3 is 0 Å². The zero-order chi connectivity index (χ0) is 15.9. The van der Waals surface area contributed by atoms with E-state index in [9.17, 15) is 4.79 Å². The molecule has 1 amide bonds. The van der Waals surface area contributed by atoms with Crippen LogP contribution in [0.3, 0.4) is 0 Å². The van der Waals surface area contributed by atoms with Crippen molar-refractivity contribution in [3.8, 4) is 0 Å². The summed E-state index contributed by atoms with van der Waals surface area (Å²) >= 11 is 5.95. The van der Waals surface area contributed by atoms with Crippen molar-refractivity contribution in [2.75, 3.05) is 19.7 Å². The van der Waals surface area contributed by atoms with E-state index in [-0.39, 0.29) is 12.0 Å². The topological polar surface area (TPSA) is 55.6 Å². The number of hydrogen-bond donors (Lipinski definition) is 0. The molecule has 5 nitrogen and oxygen atoms in total. The molecule has 1 aromatic heterocycles. The summed E-state index contributed by atoms with van der Waals surface area (Å²) in [6.07, 6.45) is 5.49. The van der Waals surface area contributed by atoms with Crippen LogP contribution in [-0.4, -0.2) is 41.8 Å². The Kier molecular flexibility index (Phi) is 6.70. The number of nitrogens with zero attached hydrogens (tertiary/aromatic N) is 2. The highest BCUT2D eigenvalue weighted by atomic mass is 35.5. The first-order chi connectivity index (χ1) is 10.6. The Balaban J connectivity index is 1.88. The second-order valence-corrected chi connectivity index (χ2v) is 6.19. The van der Waals surface area contributed by atoms with E-state index < -0.39 is 0 Å². The minimum Gasteiger partial charge on any atom is -0.376 e.